The Morgan fingerprint density at radius 3 is 2.80 bits per heavy atom. The Balaban J connectivity index is 2.01. The normalized spacial score (nSPS) is 10.8. The molecule has 0 radical (unpaired) electrons. The van der Waals surface area contributed by atoms with E-state index >= 15 is 0 Å². The van der Waals surface area contributed by atoms with Crippen LogP contribution in [0.5, 0.6) is 10.8 Å². The summed E-state index contributed by atoms with van der Waals surface area (Å²) in [7, 11) is 1.43. The predicted molar refractivity (Wildman–Crippen MR) is 99.6 cm³/mol. The first-order valence-electron chi connectivity index (χ1n) is 7.30. The van der Waals surface area contributed by atoms with Crippen molar-refractivity contribution in [1.82, 2.24) is 9.88 Å². The van der Waals surface area contributed by atoms with Gasteiger partial charge in [-0.3, -0.25) is 15.1 Å². The largest absolute Gasteiger partial charge is 0.444 e. The van der Waals surface area contributed by atoms with Gasteiger partial charge in [0, 0.05) is 23.9 Å². The molecule has 0 saturated carbocycles. The van der Waals surface area contributed by atoms with Crippen LogP contribution in [-0.4, -0.2) is 28.8 Å². The van der Waals surface area contributed by atoms with Crippen molar-refractivity contribution in [3.8, 4) is 10.8 Å². The number of carbonyl (C=O) groups is 1. The predicted octanol–water partition coefficient (Wildman–Crippen LogP) is 3.10. The third-order valence-corrected chi connectivity index (χ3v) is 4.96. The molecule has 9 heteroatoms. The van der Waals surface area contributed by atoms with Crippen LogP contribution < -0.4 is 16.2 Å². The fourth-order valence-electron chi connectivity index (χ4n) is 2.28. The van der Waals surface area contributed by atoms with Crippen LogP contribution in [0, 0.1) is 5.41 Å². The number of halogens is 1. The molecule has 3 rings (SSSR count). The molecule has 2 aromatic heterocycles. The maximum Gasteiger partial charge on any atom is 0.276 e. The number of fused-ring (bicyclic) bond motifs is 1. The smallest absolute Gasteiger partial charge is 0.276 e. The van der Waals surface area contributed by atoms with Gasteiger partial charge in [0.15, 0.2) is 16.8 Å². The second-order valence-electron chi connectivity index (χ2n) is 5.29. The molecule has 0 saturated heterocycles. The Kier molecular flexibility index (Phi) is 4.67. The summed E-state index contributed by atoms with van der Waals surface area (Å²) in [6.07, 6.45) is 0. The van der Waals surface area contributed by atoms with E-state index in [-0.39, 0.29) is 11.7 Å². The van der Waals surface area contributed by atoms with E-state index in [1.807, 2.05) is 12.1 Å². The maximum absolute atomic E-state index is 12.4. The van der Waals surface area contributed by atoms with Gasteiger partial charge in [-0.25, -0.2) is 0 Å². The number of thiophene rings is 1. The first-order chi connectivity index (χ1) is 11.9. The molecular formula is C16H16ClN5O2S. The van der Waals surface area contributed by atoms with Gasteiger partial charge in [0.05, 0.1) is 10.5 Å². The number of benzene rings is 1. The number of nitrogens with zero attached hydrogens (tertiary/aromatic N) is 1. The van der Waals surface area contributed by atoms with Crippen LogP contribution in [0.25, 0.3) is 10.9 Å². The van der Waals surface area contributed by atoms with E-state index in [4.69, 9.17) is 33.2 Å². The van der Waals surface area contributed by atoms with Crippen LogP contribution in [0.1, 0.15) is 15.4 Å². The summed E-state index contributed by atoms with van der Waals surface area (Å²) >= 11 is 7.69. The van der Waals surface area contributed by atoms with Gasteiger partial charge in [-0.2, -0.15) is 0 Å². The molecule has 0 spiro atoms. The Morgan fingerprint density at radius 2 is 2.16 bits per heavy atom. The van der Waals surface area contributed by atoms with Gasteiger partial charge in [-0.1, -0.05) is 11.6 Å². The minimum absolute atomic E-state index is 0.263. The molecule has 0 aliphatic rings. The zero-order valence-electron chi connectivity index (χ0n) is 13.3. The summed E-state index contributed by atoms with van der Waals surface area (Å²) in [4.78, 5) is 17.4. The molecule has 0 fully saturated rings. The third-order valence-electron chi connectivity index (χ3n) is 3.65. The van der Waals surface area contributed by atoms with Gasteiger partial charge in [0.1, 0.15) is 5.69 Å². The van der Waals surface area contributed by atoms with Gasteiger partial charge >= 0.3 is 0 Å². The molecule has 130 valence electrons. The van der Waals surface area contributed by atoms with E-state index in [2.05, 4.69) is 4.98 Å². The Morgan fingerprint density at radius 1 is 1.40 bits per heavy atom. The number of nitrogens with two attached hydrogens (primary N) is 2. The first-order valence-corrected chi connectivity index (χ1v) is 8.50. The van der Waals surface area contributed by atoms with Crippen molar-refractivity contribution in [2.45, 2.75) is 6.54 Å². The average Bonchev–Trinajstić information content (AvgIpc) is 3.23. The number of ether oxygens (including phenoxy) is 1. The SMILES string of the molecule is CN(C(=N)N)C(=O)c1cc2c(Cl)ccc(Oc3ccc(CN)s3)c2[nH]1. The molecule has 2 heterocycles. The molecule has 6 N–H and O–H groups in total. The molecule has 3 aromatic rings. The van der Waals surface area contributed by atoms with Crippen molar-refractivity contribution in [3.05, 3.63) is 45.9 Å². The standard InChI is InChI=1S/C16H16ClN5O2S/c1-22(16(19)20)15(23)11-6-9-10(17)3-4-12(14(9)21-11)24-13-5-2-8(7-18)25-13/h2-6,21H,7,18H2,1H3,(H3,19,20). The molecular weight excluding hydrogens is 362 g/mol. The maximum atomic E-state index is 12.4. The highest BCUT2D eigenvalue weighted by molar-refractivity contribution is 7.13. The fourth-order valence-corrected chi connectivity index (χ4v) is 3.24. The summed E-state index contributed by atoms with van der Waals surface area (Å²) in [5.74, 6) is -0.249. The number of nitrogens with one attached hydrogen (secondary N) is 2. The van der Waals surface area contributed by atoms with E-state index in [1.54, 1.807) is 18.2 Å². The molecule has 0 atom stereocenters. The number of H-pyrrole nitrogens is 1. The Bertz CT molecular complexity index is 965. The van der Waals surface area contributed by atoms with E-state index in [1.165, 1.54) is 18.4 Å². The minimum Gasteiger partial charge on any atom is -0.444 e. The van der Waals surface area contributed by atoms with E-state index in [0.717, 1.165) is 9.78 Å². The molecule has 7 nitrogen and oxygen atoms in total. The van der Waals surface area contributed by atoms with Crippen LogP contribution in [0.4, 0.5) is 0 Å². The highest BCUT2D eigenvalue weighted by Crippen LogP contribution is 2.36. The van der Waals surface area contributed by atoms with Crippen LogP contribution >= 0.6 is 22.9 Å². The lowest BCUT2D eigenvalue weighted by Crippen LogP contribution is -2.38. The van der Waals surface area contributed by atoms with E-state index < -0.39 is 5.91 Å². The van der Waals surface area contributed by atoms with Crippen molar-refractivity contribution < 1.29 is 9.53 Å². The van der Waals surface area contributed by atoms with Crippen molar-refractivity contribution >= 4 is 45.7 Å². The van der Waals surface area contributed by atoms with E-state index in [0.29, 0.717) is 33.3 Å². The number of rotatable bonds is 4. The van der Waals surface area contributed by atoms with E-state index in [9.17, 15) is 4.79 Å². The molecule has 1 amide bonds. The molecule has 0 unspecified atom stereocenters. The lowest BCUT2D eigenvalue weighted by atomic mass is 10.2. The van der Waals surface area contributed by atoms with Gasteiger partial charge in [-0.05, 0) is 30.3 Å². The third kappa shape index (κ3) is 3.32. The molecule has 25 heavy (non-hydrogen) atoms. The number of aromatic nitrogens is 1. The fraction of sp³-hybridized carbons (Fsp3) is 0.125. The summed E-state index contributed by atoms with van der Waals surface area (Å²) in [5, 5.41) is 9.20. The highest BCUT2D eigenvalue weighted by atomic mass is 35.5. The van der Waals surface area contributed by atoms with Gasteiger partial charge in [0.25, 0.3) is 5.91 Å². The van der Waals surface area contributed by atoms with Crippen LogP contribution in [0.3, 0.4) is 0 Å². The van der Waals surface area contributed by atoms with Crippen molar-refractivity contribution in [2.24, 2.45) is 11.5 Å². The van der Waals surface area contributed by atoms with Crippen molar-refractivity contribution in [1.29, 1.82) is 5.41 Å². The Labute approximate surface area is 152 Å². The van der Waals surface area contributed by atoms with Crippen molar-refractivity contribution in [2.75, 3.05) is 7.05 Å². The highest BCUT2D eigenvalue weighted by Gasteiger charge is 2.19. The molecule has 0 aliphatic heterocycles. The molecule has 0 aliphatic carbocycles. The molecule has 1 aromatic carbocycles. The second-order valence-corrected chi connectivity index (χ2v) is 6.83. The second kappa shape index (κ2) is 6.75. The zero-order chi connectivity index (χ0) is 18.1. The lowest BCUT2D eigenvalue weighted by Gasteiger charge is -2.12. The summed E-state index contributed by atoms with van der Waals surface area (Å²) in [6, 6.07) is 8.79. The minimum atomic E-state index is -0.438. The number of hydrogen-bond donors (Lipinski definition) is 4. The quantitative estimate of drug-likeness (QED) is 0.412. The summed E-state index contributed by atoms with van der Waals surface area (Å²) in [5.41, 5.74) is 11.8. The zero-order valence-corrected chi connectivity index (χ0v) is 14.9. The van der Waals surface area contributed by atoms with Gasteiger partial charge in [0.2, 0.25) is 0 Å². The van der Waals surface area contributed by atoms with Crippen LogP contribution in [0.2, 0.25) is 5.02 Å². The number of aromatic amines is 1. The number of amides is 1. The number of guanidine groups is 1. The number of carbonyl (C=O) groups excluding carboxylic acids is 1. The Hall–Kier alpha value is -2.55. The first kappa shape index (κ1) is 17.3. The van der Waals surface area contributed by atoms with Crippen LogP contribution in [0.15, 0.2) is 30.3 Å². The van der Waals surface area contributed by atoms with Gasteiger partial charge in [-0.15, -0.1) is 11.3 Å². The summed E-state index contributed by atoms with van der Waals surface area (Å²) in [6.45, 7) is 0.447. The van der Waals surface area contributed by atoms with Crippen LogP contribution in [-0.2, 0) is 6.54 Å². The monoisotopic (exact) mass is 377 g/mol. The lowest BCUT2D eigenvalue weighted by molar-refractivity contribution is 0.0864. The topological polar surface area (TPSA) is 121 Å². The van der Waals surface area contributed by atoms with Crippen molar-refractivity contribution in [3.63, 3.8) is 0 Å². The average molecular weight is 378 g/mol. The molecule has 0 bridgehead atoms. The number of hydrogen-bond acceptors (Lipinski definition) is 5. The van der Waals surface area contributed by atoms with Gasteiger partial charge < -0.3 is 21.2 Å². The summed E-state index contributed by atoms with van der Waals surface area (Å²) < 4.78 is 5.91.